The number of nitrogens with one attached hydrogen (secondary N) is 2. The summed E-state index contributed by atoms with van der Waals surface area (Å²) >= 11 is 0. The molecule has 2 aromatic carbocycles. The van der Waals surface area contributed by atoms with Crippen LogP contribution in [-0.2, 0) is 22.2 Å². The summed E-state index contributed by atoms with van der Waals surface area (Å²) in [4.78, 5) is 42.3. The van der Waals surface area contributed by atoms with Gasteiger partial charge in [0, 0.05) is 42.4 Å². The minimum atomic E-state index is -4.48. The number of carbonyl (C=O) groups excluding carboxylic acids is 3. The lowest BCUT2D eigenvalue weighted by Gasteiger charge is -2.34. The fourth-order valence-electron chi connectivity index (χ4n) is 5.65. The summed E-state index contributed by atoms with van der Waals surface area (Å²) in [5.74, 6) is -0.107. The van der Waals surface area contributed by atoms with Crippen LogP contribution in [0.2, 0.25) is 0 Å². The van der Waals surface area contributed by atoms with Gasteiger partial charge in [0.2, 0.25) is 11.8 Å². The molecule has 2 aliphatic rings. The third kappa shape index (κ3) is 8.43. The lowest BCUT2D eigenvalue weighted by molar-refractivity contribution is -0.137. The molecule has 9 nitrogen and oxygen atoms in total. The van der Waals surface area contributed by atoms with Crippen LogP contribution in [0.3, 0.4) is 0 Å². The van der Waals surface area contributed by atoms with Gasteiger partial charge in [-0.1, -0.05) is 26.2 Å². The van der Waals surface area contributed by atoms with E-state index >= 15 is 0 Å². The van der Waals surface area contributed by atoms with E-state index in [1.54, 1.807) is 37.1 Å². The molecule has 0 saturated heterocycles. The monoisotopic (exact) mass is 618 g/mol. The number of benzene rings is 2. The molecule has 1 saturated carbocycles. The van der Waals surface area contributed by atoms with Gasteiger partial charge in [-0.05, 0) is 62.2 Å². The van der Waals surface area contributed by atoms with Crippen LogP contribution in [0.4, 0.5) is 29.3 Å². The minimum Gasteiger partial charge on any atom is -0.488 e. The number of halogens is 3. The first-order valence-corrected chi connectivity index (χ1v) is 15.1. The van der Waals surface area contributed by atoms with Gasteiger partial charge in [-0.15, -0.1) is 0 Å². The van der Waals surface area contributed by atoms with E-state index in [0.717, 1.165) is 44.2 Å². The number of rotatable bonds is 7. The standard InChI is InChI=1S/C32H41F3N4O5/c1-20-17-39(21(2)19-40)29(41)16-23-15-26(36-30(42)22-7-5-4-6-8-22)13-14-27(23)44-28(20)18-38(3)31(43)37-25-11-9-24(10-12-25)32(33,34)35/h9-15,20-22,28,40H,4-8,16-19H2,1-3H3,(H,36,42)(H,37,43)/t20-,21-,28+/m0/s1. The number of ether oxygens (including phenoxy) is 1. The first-order chi connectivity index (χ1) is 20.8. The molecule has 1 aliphatic heterocycles. The van der Waals surface area contributed by atoms with Crippen LogP contribution in [0.15, 0.2) is 42.5 Å². The Labute approximate surface area is 255 Å². The van der Waals surface area contributed by atoms with Crippen LogP contribution in [0, 0.1) is 11.8 Å². The number of carbonyl (C=O) groups is 3. The van der Waals surface area contributed by atoms with Crippen LogP contribution in [0.1, 0.15) is 57.1 Å². The van der Waals surface area contributed by atoms with E-state index in [0.29, 0.717) is 17.0 Å². The van der Waals surface area contributed by atoms with Crippen LogP contribution >= 0.6 is 0 Å². The first kappa shape index (κ1) is 33.1. The Balaban J connectivity index is 1.53. The maximum atomic E-state index is 13.5. The van der Waals surface area contributed by atoms with Gasteiger partial charge in [0.1, 0.15) is 11.9 Å². The summed E-state index contributed by atoms with van der Waals surface area (Å²) < 4.78 is 45.2. The van der Waals surface area contributed by atoms with Crippen molar-refractivity contribution in [1.29, 1.82) is 0 Å². The Morgan fingerprint density at radius 2 is 1.73 bits per heavy atom. The molecule has 4 rings (SSSR count). The van der Waals surface area contributed by atoms with Gasteiger partial charge in [0.15, 0.2) is 0 Å². The molecule has 1 aliphatic carbocycles. The second kappa shape index (κ2) is 14.3. The average molecular weight is 619 g/mol. The molecule has 12 heteroatoms. The highest BCUT2D eigenvalue weighted by Gasteiger charge is 2.33. The number of aliphatic hydroxyl groups is 1. The number of amides is 4. The Kier molecular flexibility index (Phi) is 10.8. The number of hydrogen-bond donors (Lipinski definition) is 3. The van der Waals surface area contributed by atoms with Gasteiger partial charge in [-0.25, -0.2) is 4.79 Å². The summed E-state index contributed by atoms with van der Waals surface area (Å²) in [5, 5.41) is 15.5. The van der Waals surface area contributed by atoms with Gasteiger partial charge in [0.25, 0.3) is 0 Å². The van der Waals surface area contributed by atoms with Crippen LogP contribution in [-0.4, -0.2) is 71.6 Å². The number of urea groups is 1. The van der Waals surface area contributed by atoms with Crippen molar-refractivity contribution in [2.75, 3.05) is 37.4 Å². The van der Waals surface area contributed by atoms with E-state index in [4.69, 9.17) is 4.74 Å². The van der Waals surface area contributed by atoms with Gasteiger partial charge in [-0.3, -0.25) is 9.59 Å². The van der Waals surface area contributed by atoms with Crippen LogP contribution < -0.4 is 15.4 Å². The number of hydrogen-bond acceptors (Lipinski definition) is 5. The van der Waals surface area contributed by atoms with E-state index in [1.165, 1.54) is 17.0 Å². The number of aliphatic hydroxyl groups excluding tert-OH is 1. The zero-order valence-corrected chi connectivity index (χ0v) is 25.3. The molecule has 0 bridgehead atoms. The molecule has 3 N–H and O–H groups in total. The minimum absolute atomic E-state index is 0.00347. The topological polar surface area (TPSA) is 111 Å². The van der Waals surface area contributed by atoms with E-state index in [2.05, 4.69) is 10.6 Å². The fraction of sp³-hybridized carbons (Fsp3) is 0.531. The Morgan fingerprint density at radius 3 is 2.36 bits per heavy atom. The maximum Gasteiger partial charge on any atom is 0.416 e. The lowest BCUT2D eigenvalue weighted by Crippen LogP contribution is -2.48. The smallest absolute Gasteiger partial charge is 0.416 e. The summed E-state index contributed by atoms with van der Waals surface area (Å²) in [6.45, 7) is 3.77. The summed E-state index contributed by atoms with van der Waals surface area (Å²) in [6.07, 6.45) is -0.173. The zero-order chi connectivity index (χ0) is 32.0. The van der Waals surface area contributed by atoms with E-state index < -0.39 is 29.9 Å². The third-order valence-electron chi connectivity index (χ3n) is 8.42. The van der Waals surface area contributed by atoms with E-state index in [-0.39, 0.29) is 55.5 Å². The van der Waals surface area contributed by atoms with Crippen LogP contribution in [0.25, 0.3) is 0 Å². The highest BCUT2D eigenvalue weighted by molar-refractivity contribution is 5.93. The second-order valence-corrected chi connectivity index (χ2v) is 11.9. The molecule has 1 heterocycles. The zero-order valence-electron chi connectivity index (χ0n) is 25.3. The largest absolute Gasteiger partial charge is 0.488 e. The summed E-state index contributed by atoms with van der Waals surface area (Å²) in [7, 11) is 1.55. The lowest BCUT2D eigenvalue weighted by atomic mass is 9.88. The molecule has 44 heavy (non-hydrogen) atoms. The number of nitrogens with zero attached hydrogens (tertiary/aromatic N) is 2. The molecule has 0 spiro atoms. The van der Waals surface area contributed by atoms with E-state index in [9.17, 15) is 32.7 Å². The van der Waals surface area contributed by atoms with Crippen molar-refractivity contribution in [2.24, 2.45) is 11.8 Å². The molecule has 3 atom stereocenters. The van der Waals surface area contributed by atoms with Gasteiger partial charge in [0.05, 0.1) is 31.2 Å². The van der Waals surface area contributed by atoms with Gasteiger partial charge >= 0.3 is 12.2 Å². The predicted octanol–water partition coefficient (Wildman–Crippen LogP) is 5.54. The molecule has 0 unspecified atom stereocenters. The van der Waals surface area contributed by atoms with Crippen molar-refractivity contribution in [2.45, 2.75) is 70.7 Å². The Morgan fingerprint density at radius 1 is 1.07 bits per heavy atom. The molecule has 2 aromatic rings. The van der Waals surface area contributed by atoms with Crippen molar-refractivity contribution >= 4 is 29.2 Å². The average Bonchev–Trinajstić information content (AvgIpc) is 3.04. The molecule has 240 valence electrons. The van der Waals surface area contributed by atoms with Gasteiger partial charge < -0.3 is 30.3 Å². The molecule has 1 fully saturated rings. The number of alkyl halides is 3. The third-order valence-corrected chi connectivity index (χ3v) is 8.42. The predicted molar refractivity (Wildman–Crippen MR) is 160 cm³/mol. The fourth-order valence-corrected chi connectivity index (χ4v) is 5.65. The Hall–Kier alpha value is -3.80. The first-order valence-electron chi connectivity index (χ1n) is 15.1. The summed E-state index contributed by atoms with van der Waals surface area (Å²) in [5.41, 5.74) is 0.528. The second-order valence-electron chi connectivity index (χ2n) is 11.9. The van der Waals surface area contributed by atoms with Crippen molar-refractivity contribution in [3.05, 3.63) is 53.6 Å². The molecule has 0 aromatic heterocycles. The van der Waals surface area contributed by atoms with Crippen molar-refractivity contribution in [3.63, 3.8) is 0 Å². The molecular weight excluding hydrogens is 577 g/mol. The van der Waals surface area contributed by atoms with Crippen molar-refractivity contribution in [1.82, 2.24) is 9.80 Å². The molecule has 0 radical (unpaired) electrons. The molecule has 4 amide bonds. The van der Waals surface area contributed by atoms with Crippen LogP contribution in [0.5, 0.6) is 5.75 Å². The van der Waals surface area contributed by atoms with Gasteiger partial charge in [-0.2, -0.15) is 13.2 Å². The number of fused-ring (bicyclic) bond motifs is 1. The normalized spacial score (nSPS) is 20.3. The SMILES string of the molecule is C[C@H]1CN([C@@H](C)CO)C(=O)Cc2cc(NC(=O)C3CCCCC3)ccc2O[C@@H]1CN(C)C(=O)Nc1ccc(C(F)(F)F)cc1. The quantitative estimate of drug-likeness (QED) is 0.378. The van der Waals surface area contributed by atoms with Crippen molar-refractivity contribution < 1.29 is 37.4 Å². The number of likely N-dealkylation sites (N-methyl/N-ethyl adjacent to an activating group) is 1. The summed E-state index contributed by atoms with van der Waals surface area (Å²) in [6, 6.07) is 8.36. The number of anilines is 2. The van der Waals surface area contributed by atoms with Crippen molar-refractivity contribution in [3.8, 4) is 5.75 Å². The van der Waals surface area contributed by atoms with E-state index in [1.807, 2.05) is 6.92 Å². The highest BCUT2D eigenvalue weighted by atomic mass is 19.4. The maximum absolute atomic E-state index is 13.5. The molecular formula is C32H41F3N4O5. The highest BCUT2D eigenvalue weighted by Crippen LogP contribution is 2.32. The Bertz CT molecular complexity index is 1310.